The Labute approximate surface area is 136 Å². The molecule has 1 atom stereocenters. The van der Waals surface area contributed by atoms with Gasteiger partial charge in [-0.15, -0.1) is 0 Å². The Morgan fingerprint density at radius 3 is 2.61 bits per heavy atom. The Hall–Kier alpha value is -1.88. The summed E-state index contributed by atoms with van der Waals surface area (Å²) in [5.41, 5.74) is 1.40. The van der Waals surface area contributed by atoms with E-state index in [1.165, 1.54) is 0 Å². The molecule has 0 aromatic heterocycles. The van der Waals surface area contributed by atoms with Crippen molar-refractivity contribution in [1.29, 1.82) is 0 Å². The van der Waals surface area contributed by atoms with Gasteiger partial charge in [0.2, 0.25) is 5.91 Å². The van der Waals surface area contributed by atoms with Gasteiger partial charge in [0.15, 0.2) is 0 Å². The van der Waals surface area contributed by atoms with Crippen LogP contribution >= 0.6 is 0 Å². The van der Waals surface area contributed by atoms with Crippen molar-refractivity contribution in [1.82, 2.24) is 10.6 Å². The first-order valence-electron chi connectivity index (χ1n) is 8.59. The van der Waals surface area contributed by atoms with Crippen molar-refractivity contribution in [3.63, 3.8) is 0 Å². The third-order valence-corrected chi connectivity index (χ3v) is 5.45. The molecule has 2 amide bonds. The molecule has 1 aromatic carbocycles. The summed E-state index contributed by atoms with van der Waals surface area (Å²) in [4.78, 5) is 24.9. The van der Waals surface area contributed by atoms with E-state index in [2.05, 4.69) is 16.0 Å². The molecular weight excluding hydrogens is 290 g/mol. The number of benzene rings is 1. The van der Waals surface area contributed by atoms with Gasteiger partial charge in [-0.2, -0.15) is 0 Å². The maximum atomic E-state index is 12.6. The summed E-state index contributed by atoms with van der Waals surface area (Å²) >= 11 is 0. The number of carbonyl (C=O) groups is 2. The maximum Gasteiger partial charge on any atom is 0.253 e. The van der Waals surface area contributed by atoms with Crippen molar-refractivity contribution < 1.29 is 9.59 Å². The normalized spacial score (nSPS) is 25.0. The van der Waals surface area contributed by atoms with Crippen molar-refractivity contribution in [2.45, 2.75) is 38.1 Å². The molecule has 1 saturated heterocycles. The van der Waals surface area contributed by atoms with E-state index < -0.39 is 0 Å². The highest BCUT2D eigenvalue weighted by Crippen LogP contribution is 2.58. The lowest BCUT2D eigenvalue weighted by Crippen LogP contribution is -2.32. The van der Waals surface area contributed by atoms with Gasteiger partial charge >= 0.3 is 0 Å². The van der Waals surface area contributed by atoms with Crippen LogP contribution < -0.4 is 16.0 Å². The van der Waals surface area contributed by atoms with Gasteiger partial charge in [-0.25, -0.2) is 0 Å². The molecule has 2 aliphatic carbocycles. The van der Waals surface area contributed by atoms with Crippen molar-refractivity contribution in [2.24, 2.45) is 11.3 Å². The molecule has 5 nitrogen and oxygen atoms in total. The molecule has 5 heteroatoms. The molecule has 23 heavy (non-hydrogen) atoms. The Kier molecular flexibility index (Phi) is 3.60. The van der Waals surface area contributed by atoms with Gasteiger partial charge in [0.1, 0.15) is 0 Å². The van der Waals surface area contributed by atoms with E-state index in [1.54, 1.807) is 6.07 Å². The Bertz CT molecular complexity index is 633. The number of nitrogens with one attached hydrogen (secondary N) is 3. The molecule has 122 valence electrons. The molecule has 0 bridgehead atoms. The van der Waals surface area contributed by atoms with Crippen LogP contribution in [0.2, 0.25) is 0 Å². The van der Waals surface area contributed by atoms with Gasteiger partial charge in [-0.3, -0.25) is 9.59 Å². The van der Waals surface area contributed by atoms with Crippen molar-refractivity contribution in [3.05, 3.63) is 29.8 Å². The van der Waals surface area contributed by atoms with E-state index in [4.69, 9.17) is 0 Å². The maximum absolute atomic E-state index is 12.6. The Morgan fingerprint density at radius 1 is 1.13 bits per heavy atom. The quantitative estimate of drug-likeness (QED) is 0.795. The summed E-state index contributed by atoms with van der Waals surface area (Å²) in [5, 5.41) is 9.34. The molecule has 3 fully saturated rings. The minimum atomic E-state index is -0.0872. The Morgan fingerprint density at radius 2 is 1.87 bits per heavy atom. The molecule has 2 saturated carbocycles. The van der Waals surface area contributed by atoms with Crippen molar-refractivity contribution in [2.75, 3.05) is 18.4 Å². The molecule has 1 spiro atoms. The van der Waals surface area contributed by atoms with Gasteiger partial charge in [0.25, 0.3) is 5.91 Å². The molecule has 1 aliphatic heterocycles. The smallest absolute Gasteiger partial charge is 0.253 e. The van der Waals surface area contributed by atoms with Crippen LogP contribution in [0.15, 0.2) is 24.3 Å². The van der Waals surface area contributed by atoms with Gasteiger partial charge in [-0.1, -0.05) is 12.1 Å². The standard InChI is InChI=1S/C18H23N3O2/c22-16(20-12-5-6-12)13-3-1-2-4-15(13)21-17(23)14-11-18(14)7-9-19-10-8-18/h1-4,12,14,19H,5-11H2,(H,20,22)(H,21,23). The number of rotatable bonds is 4. The number of carbonyl (C=O) groups excluding carboxylic acids is 2. The van der Waals surface area contributed by atoms with Gasteiger partial charge in [0.05, 0.1) is 11.3 Å². The van der Waals surface area contributed by atoms with Crippen molar-refractivity contribution >= 4 is 17.5 Å². The van der Waals surface area contributed by atoms with Gasteiger partial charge < -0.3 is 16.0 Å². The number of hydrogen-bond donors (Lipinski definition) is 3. The highest BCUT2D eigenvalue weighted by atomic mass is 16.2. The molecule has 1 unspecified atom stereocenters. The molecular formula is C18H23N3O2. The van der Waals surface area contributed by atoms with E-state index >= 15 is 0 Å². The van der Waals surface area contributed by atoms with E-state index in [1.807, 2.05) is 18.2 Å². The first-order chi connectivity index (χ1) is 11.2. The zero-order chi connectivity index (χ0) is 15.9. The number of amides is 2. The van der Waals surface area contributed by atoms with Crippen LogP contribution in [0.1, 0.15) is 42.5 Å². The molecule has 4 rings (SSSR count). The number of anilines is 1. The Balaban J connectivity index is 1.44. The fraction of sp³-hybridized carbons (Fsp3) is 0.556. The van der Waals surface area contributed by atoms with Crippen LogP contribution in [0.5, 0.6) is 0 Å². The lowest BCUT2D eigenvalue weighted by atomic mass is 9.91. The monoisotopic (exact) mass is 313 g/mol. The predicted octanol–water partition coefficient (Wildman–Crippen LogP) is 1.91. The molecule has 1 heterocycles. The fourth-order valence-electron chi connectivity index (χ4n) is 3.70. The minimum absolute atomic E-state index is 0.0681. The van der Waals surface area contributed by atoms with Gasteiger partial charge in [-0.05, 0) is 62.7 Å². The second-order valence-electron chi connectivity index (χ2n) is 7.15. The average Bonchev–Trinajstić information content (AvgIpc) is 3.47. The van der Waals surface area contributed by atoms with E-state index in [0.29, 0.717) is 17.3 Å². The zero-order valence-electron chi connectivity index (χ0n) is 13.2. The van der Waals surface area contributed by atoms with Crippen LogP contribution in [0, 0.1) is 11.3 Å². The summed E-state index contributed by atoms with van der Waals surface area (Å²) in [6.45, 7) is 2.01. The van der Waals surface area contributed by atoms with Crippen LogP contribution in [0.4, 0.5) is 5.69 Å². The summed E-state index contributed by atoms with van der Waals surface area (Å²) in [7, 11) is 0. The highest BCUT2D eigenvalue weighted by Gasteiger charge is 2.57. The summed E-state index contributed by atoms with van der Waals surface area (Å²) in [5.74, 6) is 0.0819. The lowest BCUT2D eigenvalue weighted by molar-refractivity contribution is -0.118. The molecule has 3 N–H and O–H groups in total. The SMILES string of the molecule is O=C(NC1CC1)c1ccccc1NC(=O)C1CC12CCNCC2. The number of piperidine rings is 1. The number of para-hydroxylation sites is 1. The third-order valence-electron chi connectivity index (χ3n) is 5.45. The van der Waals surface area contributed by atoms with Gasteiger partial charge in [0, 0.05) is 12.0 Å². The van der Waals surface area contributed by atoms with Crippen LogP contribution in [0.25, 0.3) is 0 Å². The predicted molar refractivity (Wildman–Crippen MR) is 88.2 cm³/mol. The van der Waals surface area contributed by atoms with Crippen LogP contribution in [0.3, 0.4) is 0 Å². The second-order valence-corrected chi connectivity index (χ2v) is 7.15. The topological polar surface area (TPSA) is 70.2 Å². The molecule has 0 radical (unpaired) electrons. The lowest BCUT2D eigenvalue weighted by Gasteiger charge is -2.23. The molecule has 3 aliphatic rings. The number of hydrogen-bond acceptors (Lipinski definition) is 3. The summed E-state index contributed by atoms with van der Waals surface area (Å²) < 4.78 is 0. The minimum Gasteiger partial charge on any atom is -0.349 e. The van der Waals surface area contributed by atoms with E-state index in [-0.39, 0.29) is 23.1 Å². The van der Waals surface area contributed by atoms with E-state index in [9.17, 15) is 9.59 Å². The first-order valence-corrected chi connectivity index (χ1v) is 8.59. The average molecular weight is 313 g/mol. The fourth-order valence-corrected chi connectivity index (χ4v) is 3.70. The highest BCUT2D eigenvalue weighted by molar-refractivity contribution is 6.05. The van der Waals surface area contributed by atoms with Crippen LogP contribution in [-0.2, 0) is 4.79 Å². The third kappa shape index (κ3) is 2.98. The summed E-state index contributed by atoms with van der Waals surface area (Å²) in [6, 6.07) is 7.60. The van der Waals surface area contributed by atoms with Crippen molar-refractivity contribution in [3.8, 4) is 0 Å². The largest absolute Gasteiger partial charge is 0.349 e. The van der Waals surface area contributed by atoms with Crippen LogP contribution in [-0.4, -0.2) is 30.9 Å². The zero-order valence-corrected chi connectivity index (χ0v) is 13.2. The summed E-state index contributed by atoms with van der Waals surface area (Å²) in [6.07, 6.45) is 5.25. The molecule has 1 aromatic rings. The first kappa shape index (κ1) is 14.7. The second kappa shape index (κ2) is 5.64. The van der Waals surface area contributed by atoms with E-state index in [0.717, 1.165) is 45.2 Å².